The lowest BCUT2D eigenvalue weighted by atomic mass is 10.2. The fraction of sp³-hybridized carbons (Fsp3) is 0.235. The van der Waals surface area contributed by atoms with Crippen LogP contribution in [0, 0.1) is 0 Å². The van der Waals surface area contributed by atoms with Crippen molar-refractivity contribution in [2.75, 3.05) is 14.1 Å². The molecule has 3 rings (SSSR count). The van der Waals surface area contributed by atoms with Crippen LogP contribution in [-0.4, -0.2) is 35.1 Å². The summed E-state index contributed by atoms with van der Waals surface area (Å²) in [4.78, 5) is 10.7. The van der Waals surface area contributed by atoms with Crippen LogP contribution >= 0.6 is 46.9 Å². The first-order chi connectivity index (χ1) is 12.2. The van der Waals surface area contributed by atoms with E-state index < -0.39 is 0 Å². The third-order valence-corrected chi connectivity index (χ3v) is 4.49. The average Bonchev–Trinajstić information content (AvgIpc) is 3.27. The van der Waals surface area contributed by atoms with E-state index in [1.165, 1.54) is 5.56 Å². The minimum absolute atomic E-state index is 0. The lowest BCUT2D eigenvalue weighted by Gasteiger charge is -2.20. The second kappa shape index (κ2) is 9.89. The van der Waals surface area contributed by atoms with Crippen molar-refractivity contribution in [3.8, 4) is 11.4 Å². The highest BCUT2D eigenvalue weighted by molar-refractivity contribution is 14.0. The van der Waals surface area contributed by atoms with Crippen LogP contribution in [0.3, 0.4) is 0 Å². The molecule has 0 amide bonds. The Morgan fingerprint density at radius 2 is 2.23 bits per heavy atom. The topological polar surface area (TPSA) is 66.5 Å². The lowest BCUT2D eigenvalue weighted by Crippen LogP contribution is -2.38. The zero-order chi connectivity index (χ0) is 17.6. The van der Waals surface area contributed by atoms with Crippen LogP contribution in [0.25, 0.3) is 11.4 Å². The zero-order valence-electron chi connectivity index (χ0n) is 14.3. The van der Waals surface area contributed by atoms with Gasteiger partial charge in [0.15, 0.2) is 5.96 Å². The Hall–Kier alpha value is -1.65. The zero-order valence-corrected chi connectivity index (χ0v) is 18.3. The van der Waals surface area contributed by atoms with Gasteiger partial charge in [0.25, 0.3) is 0 Å². The minimum atomic E-state index is 0. The van der Waals surface area contributed by atoms with Gasteiger partial charge in [-0.2, -0.15) is 16.3 Å². The van der Waals surface area contributed by atoms with Gasteiger partial charge in [-0.05, 0) is 34.5 Å². The highest BCUT2D eigenvalue weighted by atomic mass is 127. The SMILES string of the molecule is CN=C(NCc1nc(-c2cccc(Cl)c2)no1)N(C)Cc1ccsc1.I. The van der Waals surface area contributed by atoms with Crippen LogP contribution in [0.15, 0.2) is 50.6 Å². The van der Waals surface area contributed by atoms with Gasteiger partial charge in [-0.3, -0.25) is 4.99 Å². The molecule has 0 unspecified atom stereocenters. The molecule has 0 atom stereocenters. The number of benzene rings is 1. The van der Waals surface area contributed by atoms with Gasteiger partial charge in [-0.15, -0.1) is 24.0 Å². The molecule has 0 aliphatic heterocycles. The Labute approximate surface area is 178 Å². The molecule has 138 valence electrons. The van der Waals surface area contributed by atoms with Crippen LogP contribution in [-0.2, 0) is 13.1 Å². The number of nitrogens with zero attached hydrogens (tertiary/aromatic N) is 4. The molecule has 0 saturated carbocycles. The van der Waals surface area contributed by atoms with Crippen LogP contribution in [0.1, 0.15) is 11.5 Å². The molecule has 0 radical (unpaired) electrons. The Balaban J connectivity index is 0.00000243. The van der Waals surface area contributed by atoms with Gasteiger partial charge in [-0.1, -0.05) is 28.9 Å². The van der Waals surface area contributed by atoms with Gasteiger partial charge in [-0.25, -0.2) is 0 Å². The molecular formula is C17H19ClIN5OS. The van der Waals surface area contributed by atoms with Crippen molar-refractivity contribution < 1.29 is 4.52 Å². The highest BCUT2D eigenvalue weighted by Crippen LogP contribution is 2.19. The van der Waals surface area contributed by atoms with E-state index in [0.717, 1.165) is 18.1 Å². The third kappa shape index (κ3) is 5.42. The third-order valence-electron chi connectivity index (χ3n) is 3.52. The number of rotatable bonds is 5. The van der Waals surface area contributed by atoms with Crippen LogP contribution in [0.4, 0.5) is 0 Å². The molecule has 26 heavy (non-hydrogen) atoms. The van der Waals surface area contributed by atoms with E-state index in [9.17, 15) is 0 Å². The molecule has 2 aromatic heterocycles. The predicted octanol–water partition coefficient (Wildman–Crippen LogP) is 4.28. The summed E-state index contributed by atoms with van der Waals surface area (Å²) in [5.74, 6) is 1.76. The van der Waals surface area contributed by atoms with E-state index in [4.69, 9.17) is 16.1 Å². The van der Waals surface area contributed by atoms with Crippen LogP contribution in [0.5, 0.6) is 0 Å². The summed E-state index contributed by atoms with van der Waals surface area (Å²) in [7, 11) is 3.73. The number of aliphatic imine (C=N–C) groups is 1. The maximum atomic E-state index is 6.00. The van der Waals surface area contributed by atoms with E-state index in [0.29, 0.717) is 23.3 Å². The average molecular weight is 504 g/mol. The quantitative estimate of drug-likeness (QED) is 0.320. The summed E-state index contributed by atoms with van der Waals surface area (Å²) in [5.41, 5.74) is 2.07. The molecule has 6 nitrogen and oxygen atoms in total. The van der Waals surface area contributed by atoms with Crippen molar-refractivity contribution in [1.29, 1.82) is 0 Å². The molecule has 0 aliphatic rings. The predicted molar refractivity (Wildman–Crippen MR) is 116 cm³/mol. The molecule has 0 aliphatic carbocycles. The van der Waals surface area contributed by atoms with E-state index >= 15 is 0 Å². The normalized spacial score (nSPS) is 11.1. The van der Waals surface area contributed by atoms with Crippen molar-refractivity contribution in [3.63, 3.8) is 0 Å². The summed E-state index contributed by atoms with van der Waals surface area (Å²) in [6.07, 6.45) is 0. The fourth-order valence-corrected chi connectivity index (χ4v) is 3.19. The first-order valence-corrected chi connectivity index (χ1v) is 8.99. The number of hydrogen-bond donors (Lipinski definition) is 1. The Kier molecular flexibility index (Phi) is 7.85. The van der Waals surface area contributed by atoms with E-state index in [2.05, 4.69) is 37.3 Å². The molecule has 0 fully saturated rings. The standard InChI is InChI=1S/C17H18ClN5OS.HI/c1-19-17(23(2)10-12-6-7-25-11-12)20-9-15-21-16(22-24-15)13-4-3-5-14(18)8-13;/h3-8,11H,9-10H2,1-2H3,(H,19,20);1H. The summed E-state index contributed by atoms with van der Waals surface area (Å²) < 4.78 is 5.30. The number of guanidine groups is 1. The smallest absolute Gasteiger partial charge is 0.246 e. The van der Waals surface area contributed by atoms with Crippen molar-refractivity contribution >= 4 is 52.9 Å². The molecule has 0 spiro atoms. The largest absolute Gasteiger partial charge is 0.347 e. The second-order valence-corrected chi connectivity index (χ2v) is 6.63. The van der Waals surface area contributed by atoms with E-state index in [1.807, 2.05) is 24.1 Å². The molecule has 1 N–H and O–H groups in total. The lowest BCUT2D eigenvalue weighted by molar-refractivity contribution is 0.371. The van der Waals surface area contributed by atoms with Gasteiger partial charge >= 0.3 is 0 Å². The first-order valence-electron chi connectivity index (χ1n) is 7.67. The summed E-state index contributed by atoms with van der Waals surface area (Å²) in [5, 5.41) is 12.1. The summed E-state index contributed by atoms with van der Waals surface area (Å²) in [6.45, 7) is 1.18. The maximum Gasteiger partial charge on any atom is 0.246 e. The van der Waals surface area contributed by atoms with E-state index in [1.54, 1.807) is 30.5 Å². The summed E-state index contributed by atoms with van der Waals surface area (Å²) in [6, 6.07) is 9.45. The minimum Gasteiger partial charge on any atom is -0.347 e. The number of halogens is 2. The molecule has 3 aromatic rings. The van der Waals surface area contributed by atoms with Crippen LogP contribution < -0.4 is 5.32 Å². The first kappa shape index (κ1) is 20.7. The van der Waals surface area contributed by atoms with Gasteiger partial charge in [0.1, 0.15) is 0 Å². The Morgan fingerprint density at radius 1 is 1.38 bits per heavy atom. The van der Waals surface area contributed by atoms with Crippen molar-refractivity contribution in [1.82, 2.24) is 20.4 Å². The number of hydrogen-bond acceptors (Lipinski definition) is 5. The molecule has 2 heterocycles. The second-order valence-electron chi connectivity index (χ2n) is 5.41. The van der Waals surface area contributed by atoms with Crippen LogP contribution in [0.2, 0.25) is 5.02 Å². The molecule has 9 heteroatoms. The van der Waals surface area contributed by atoms with Gasteiger partial charge < -0.3 is 14.7 Å². The number of nitrogens with one attached hydrogen (secondary N) is 1. The number of aromatic nitrogens is 2. The molecule has 1 aromatic carbocycles. The molecular weight excluding hydrogens is 485 g/mol. The molecule has 0 saturated heterocycles. The van der Waals surface area contributed by atoms with Crippen molar-refractivity contribution in [2.24, 2.45) is 4.99 Å². The number of thiophene rings is 1. The Bertz CT molecular complexity index is 852. The van der Waals surface area contributed by atoms with E-state index in [-0.39, 0.29) is 24.0 Å². The summed E-state index contributed by atoms with van der Waals surface area (Å²) >= 11 is 7.68. The van der Waals surface area contributed by atoms with Crippen molar-refractivity contribution in [3.05, 3.63) is 57.6 Å². The molecule has 0 bridgehead atoms. The Morgan fingerprint density at radius 3 is 2.92 bits per heavy atom. The van der Waals surface area contributed by atoms with Gasteiger partial charge in [0.05, 0.1) is 6.54 Å². The highest BCUT2D eigenvalue weighted by Gasteiger charge is 2.11. The van der Waals surface area contributed by atoms with Gasteiger partial charge in [0.2, 0.25) is 11.7 Å². The fourth-order valence-electron chi connectivity index (χ4n) is 2.34. The monoisotopic (exact) mass is 503 g/mol. The van der Waals surface area contributed by atoms with Crippen molar-refractivity contribution in [2.45, 2.75) is 13.1 Å². The van der Waals surface area contributed by atoms with Gasteiger partial charge in [0, 0.05) is 31.2 Å². The maximum absolute atomic E-state index is 6.00.